The van der Waals surface area contributed by atoms with E-state index >= 15 is 0 Å². The third kappa shape index (κ3) is 5.20. The number of urea groups is 1. The van der Waals surface area contributed by atoms with Gasteiger partial charge in [0.05, 0.1) is 32.4 Å². The molecule has 2 N–H and O–H groups in total. The number of amides is 2. The molecule has 0 bridgehead atoms. The average Bonchev–Trinajstić information content (AvgIpc) is 2.78. The first-order valence-corrected chi connectivity index (χ1v) is 10.4. The Morgan fingerprint density at radius 3 is 2.44 bits per heavy atom. The number of para-hydroxylation sites is 1. The second kappa shape index (κ2) is 10.7. The number of carbonyl (C=O) groups is 2. The van der Waals surface area contributed by atoms with E-state index < -0.39 is 18.0 Å². The van der Waals surface area contributed by atoms with Gasteiger partial charge in [-0.1, -0.05) is 42.5 Å². The van der Waals surface area contributed by atoms with Crippen molar-refractivity contribution in [2.24, 2.45) is 0 Å². The molecule has 0 radical (unpaired) electrons. The molecule has 1 heterocycles. The maximum atomic E-state index is 13.0. The number of nitrogens with one attached hydrogen (secondary N) is 2. The summed E-state index contributed by atoms with van der Waals surface area (Å²) in [7, 11) is 4.99. The summed E-state index contributed by atoms with van der Waals surface area (Å²) in [6, 6.07) is 14.1. The minimum atomic E-state index is -0.757. The summed E-state index contributed by atoms with van der Waals surface area (Å²) in [5, 5.41) is 5.64. The molecule has 0 spiro atoms. The van der Waals surface area contributed by atoms with Gasteiger partial charge in [0.1, 0.15) is 0 Å². The summed E-state index contributed by atoms with van der Waals surface area (Å²) >= 11 is 0. The van der Waals surface area contributed by atoms with Gasteiger partial charge >= 0.3 is 12.0 Å². The minimum absolute atomic E-state index is 0.214. The van der Waals surface area contributed by atoms with E-state index in [1.54, 1.807) is 25.1 Å². The summed E-state index contributed by atoms with van der Waals surface area (Å²) in [5.74, 6) is 0.447. The average molecular weight is 440 g/mol. The molecule has 0 fully saturated rings. The molecule has 8 nitrogen and oxygen atoms in total. The number of carbonyl (C=O) groups excluding carboxylic acids is 2. The summed E-state index contributed by atoms with van der Waals surface area (Å²) in [6.45, 7) is 2.96. The Bertz CT molecular complexity index is 990. The number of esters is 1. The Kier molecular flexibility index (Phi) is 7.72. The molecule has 2 aromatic rings. The number of likely N-dealkylation sites (N-methyl/N-ethyl adjacent to an activating group) is 1. The van der Waals surface area contributed by atoms with E-state index in [1.165, 1.54) is 14.2 Å². The van der Waals surface area contributed by atoms with Gasteiger partial charge in [0.25, 0.3) is 0 Å². The monoisotopic (exact) mass is 439 g/mol. The standard InChI is InChI=1S/C24H29N3O5/c1-5-32-23(28)20-18(15-27(2)14-16-10-7-6-8-11-16)25-24(29)26-21(20)17-12-9-13-19(30-3)22(17)31-4/h6-13,21H,5,14-15H2,1-4H3,(H2,25,26,29)/t21-/m0/s1. The topological polar surface area (TPSA) is 89.1 Å². The number of rotatable bonds is 9. The molecule has 0 saturated heterocycles. The highest BCUT2D eigenvalue weighted by Crippen LogP contribution is 2.39. The minimum Gasteiger partial charge on any atom is -0.493 e. The van der Waals surface area contributed by atoms with Crippen LogP contribution in [0.1, 0.15) is 24.1 Å². The lowest BCUT2D eigenvalue weighted by molar-refractivity contribution is -0.139. The van der Waals surface area contributed by atoms with Gasteiger partial charge in [-0.05, 0) is 25.6 Å². The van der Waals surface area contributed by atoms with Crippen LogP contribution in [0.3, 0.4) is 0 Å². The van der Waals surface area contributed by atoms with Gasteiger partial charge in [0.15, 0.2) is 11.5 Å². The maximum absolute atomic E-state index is 13.0. The number of nitrogens with zero attached hydrogens (tertiary/aromatic N) is 1. The van der Waals surface area contributed by atoms with Crippen LogP contribution in [0.5, 0.6) is 11.5 Å². The van der Waals surface area contributed by atoms with Gasteiger partial charge in [-0.25, -0.2) is 9.59 Å². The summed E-state index contributed by atoms with van der Waals surface area (Å²) < 4.78 is 16.3. The fourth-order valence-electron chi connectivity index (χ4n) is 3.79. The van der Waals surface area contributed by atoms with Gasteiger partial charge in [-0.2, -0.15) is 0 Å². The number of benzene rings is 2. The molecule has 0 aromatic heterocycles. The smallest absolute Gasteiger partial charge is 0.338 e. The first kappa shape index (κ1) is 23.1. The van der Waals surface area contributed by atoms with E-state index in [-0.39, 0.29) is 6.61 Å². The fraction of sp³-hybridized carbons (Fsp3) is 0.333. The Balaban J connectivity index is 2.03. The number of hydrogen-bond donors (Lipinski definition) is 2. The van der Waals surface area contributed by atoms with Gasteiger partial charge in [0.2, 0.25) is 0 Å². The van der Waals surface area contributed by atoms with Crippen molar-refractivity contribution in [2.75, 3.05) is 34.4 Å². The summed E-state index contributed by atoms with van der Waals surface area (Å²) in [5.41, 5.74) is 2.55. The fourth-order valence-corrected chi connectivity index (χ4v) is 3.79. The van der Waals surface area contributed by atoms with Crippen LogP contribution in [-0.2, 0) is 16.1 Å². The predicted molar refractivity (Wildman–Crippen MR) is 120 cm³/mol. The predicted octanol–water partition coefficient (Wildman–Crippen LogP) is 3.01. The van der Waals surface area contributed by atoms with E-state index in [0.29, 0.717) is 41.4 Å². The van der Waals surface area contributed by atoms with Crippen molar-refractivity contribution in [1.82, 2.24) is 15.5 Å². The zero-order valence-electron chi connectivity index (χ0n) is 18.8. The second-order valence-electron chi connectivity index (χ2n) is 7.38. The summed E-state index contributed by atoms with van der Waals surface area (Å²) in [6.07, 6.45) is 0. The van der Waals surface area contributed by atoms with E-state index in [1.807, 2.05) is 42.3 Å². The first-order valence-electron chi connectivity index (χ1n) is 10.4. The highest BCUT2D eigenvalue weighted by atomic mass is 16.5. The molecule has 2 aromatic carbocycles. The lowest BCUT2D eigenvalue weighted by Gasteiger charge is -2.32. The zero-order valence-corrected chi connectivity index (χ0v) is 18.8. The molecule has 1 aliphatic rings. The van der Waals surface area contributed by atoms with Crippen LogP contribution >= 0.6 is 0 Å². The molecule has 0 unspecified atom stereocenters. The van der Waals surface area contributed by atoms with Crippen LogP contribution in [0.4, 0.5) is 4.79 Å². The SMILES string of the molecule is CCOC(=O)C1=C(CN(C)Cc2ccccc2)NC(=O)N[C@H]1c1cccc(OC)c1OC. The third-order valence-corrected chi connectivity index (χ3v) is 5.12. The van der Waals surface area contributed by atoms with Gasteiger partial charge in [0, 0.05) is 24.4 Å². The highest BCUT2D eigenvalue weighted by Gasteiger charge is 2.36. The Morgan fingerprint density at radius 2 is 1.78 bits per heavy atom. The highest BCUT2D eigenvalue weighted by molar-refractivity contribution is 5.95. The van der Waals surface area contributed by atoms with Crippen molar-refractivity contribution in [3.63, 3.8) is 0 Å². The lowest BCUT2D eigenvalue weighted by Crippen LogP contribution is -2.48. The van der Waals surface area contributed by atoms with E-state index in [0.717, 1.165) is 5.56 Å². The molecule has 8 heteroatoms. The molecule has 170 valence electrons. The molecule has 3 rings (SSSR count). The van der Waals surface area contributed by atoms with E-state index in [2.05, 4.69) is 10.6 Å². The molecular formula is C24H29N3O5. The molecule has 1 atom stereocenters. The molecule has 2 amide bonds. The second-order valence-corrected chi connectivity index (χ2v) is 7.38. The quantitative estimate of drug-likeness (QED) is 0.584. The number of hydrogen-bond acceptors (Lipinski definition) is 6. The van der Waals surface area contributed by atoms with Gasteiger partial charge < -0.3 is 24.8 Å². The van der Waals surface area contributed by atoms with Crippen molar-refractivity contribution in [3.8, 4) is 11.5 Å². The Labute approximate surface area is 188 Å². The van der Waals surface area contributed by atoms with Crippen LogP contribution in [0, 0.1) is 0 Å². The Hall–Kier alpha value is -3.52. The maximum Gasteiger partial charge on any atom is 0.338 e. The lowest BCUT2D eigenvalue weighted by atomic mass is 9.94. The van der Waals surface area contributed by atoms with Crippen LogP contribution in [-0.4, -0.2) is 51.3 Å². The van der Waals surface area contributed by atoms with Gasteiger partial charge in [-0.3, -0.25) is 4.90 Å². The van der Waals surface area contributed by atoms with Crippen molar-refractivity contribution in [2.45, 2.75) is 19.5 Å². The first-order chi connectivity index (χ1) is 15.5. The normalized spacial score (nSPS) is 15.8. The molecule has 0 saturated carbocycles. The summed E-state index contributed by atoms with van der Waals surface area (Å²) in [4.78, 5) is 27.6. The molecular weight excluding hydrogens is 410 g/mol. The number of ether oxygens (including phenoxy) is 3. The third-order valence-electron chi connectivity index (χ3n) is 5.12. The van der Waals surface area contributed by atoms with Crippen LogP contribution in [0.25, 0.3) is 0 Å². The van der Waals surface area contributed by atoms with Crippen molar-refractivity contribution >= 4 is 12.0 Å². The van der Waals surface area contributed by atoms with Crippen LogP contribution in [0.2, 0.25) is 0 Å². The van der Waals surface area contributed by atoms with Crippen molar-refractivity contribution in [3.05, 3.63) is 70.9 Å². The van der Waals surface area contributed by atoms with Gasteiger partial charge in [-0.15, -0.1) is 0 Å². The molecule has 0 aliphatic carbocycles. The van der Waals surface area contributed by atoms with Crippen LogP contribution in [0.15, 0.2) is 59.8 Å². The molecule has 32 heavy (non-hydrogen) atoms. The number of methoxy groups -OCH3 is 2. The van der Waals surface area contributed by atoms with Crippen molar-refractivity contribution in [1.29, 1.82) is 0 Å². The van der Waals surface area contributed by atoms with E-state index in [9.17, 15) is 9.59 Å². The van der Waals surface area contributed by atoms with Crippen molar-refractivity contribution < 1.29 is 23.8 Å². The zero-order chi connectivity index (χ0) is 23.1. The largest absolute Gasteiger partial charge is 0.493 e. The van der Waals surface area contributed by atoms with Crippen LogP contribution < -0.4 is 20.1 Å². The molecule has 1 aliphatic heterocycles. The van der Waals surface area contributed by atoms with E-state index in [4.69, 9.17) is 14.2 Å². The Morgan fingerprint density at radius 1 is 1.03 bits per heavy atom.